The van der Waals surface area contributed by atoms with E-state index in [1.807, 2.05) is 0 Å². The van der Waals surface area contributed by atoms with Gasteiger partial charge in [-0.1, -0.05) is 11.3 Å². The lowest BCUT2D eigenvalue weighted by atomic mass is 10.1. The molecule has 0 saturated carbocycles. The summed E-state index contributed by atoms with van der Waals surface area (Å²) in [6.07, 6.45) is 3.27. The Bertz CT molecular complexity index is 605. The van der Waals surface area contributed by atoms with Crippen molar-refractivity contribution in [3.8, 4) is 5.75 Å². The van der Waals surface area contributed by atoms with E-state index in [0.29, 0.717) is 6.04 Å². The maximum atomic E-state index is 5.59. The Kier molecular flexibility index (Phi) is 2.81. The van der Waals surface area contributed by atoms with Crippen molar-refractivity contribution in [3.05, 3.63) is 17.7 Å². The van der Waals surface area contributed by atoms with E-state index in [1.165, 1.54) is 10.3 Å². The normalized spacial score (nSPS) is 22.2. The van der Waals surface area contributed by atoms with Crippen LogP contribution in [0, 0.1) is 0 Å². The Hall–Kier alpha value is -1.33. The molecule has 2 aliphatic rings. The molecule has 4 nitrogen and oxygen atoms in total. The lowest BCUT2D eigenvalue weighted by molar-refractivity contribution is 0.0876. The van der Waals surface area contributed by atoms with Crippen LogP contribution in [0.4, 0.5) is 5.13 Å². The molecule has 2 aromatic rings. The average Bonchev–Trinajstić information content (AvgIpc) is 3.04. The SMILES string of the molecule is c1cc2sc(NC3CCCOC3)nc2c2c1OCC2. The molecule has 1 fully saturated rings. The van der Waals surface area contributed by atoms with Crippen LogP contribution in [-0.4, -0.2) is 30.8 Å². The van der Waals surface area contributed by atoms with Gasteiger partial charge in [-0.15, -0.1) is 0 Å². The van der Waals surface area contributed by atoms with Crippen molar-refractivity contribution >= 4 is 26.7 Å². The van der Waals surface area contributed by atoms with Crippen molar-refractivity contribution in [2.75, 3.05) is 25.1 Å². The number of thiazole rings is 1. The number of fused-ring (bicyclic) bond motifs is 3. The van der Waals surface area contributed by atoms with Gasteiger partial charge in [0.2, 0.25) is 0 Å². The van der Waals surface area contributed by atoms with E-state index < -0.39 is 0 Å². The second-order valence-electron chi connectivity index (χ2n) is 5.06. The smallest absolute Gasteiger partial charge is 0.184 e. The molecular formula is C14H16N2O2S. The fourth-order valence-electron chi connectivity index (χ4n) is 2.76. The molecule has 0 amide bonds. The predicted octanol–water partition coefficient (Wildman–Crippen LogP) is 2.82. The van der Waals surface area contributed by atoms with E-state index in [2.05, 4.69) is 17.4 Å². The highest BCUT2D eigenvalue weighted by Gasteiger charge is 2.20. The number of hydrogen-bond acceptors (Lipinski definition) is 5. The van der Waals surface area contributed by atoms with Crippen LogP contribution in [0.25, 0.3) is 10.2 Å². The second kappa shape index (κ2) is 4.65. The third-order valence-electron chi connectivity index (χ3n) is 3.72. The largest absolute Gasteiger partial charge is 0.493 e. The second-order valence-corrected chi connectivity index (χ2v) is 6.10. The third-order valence-corrected chi connectivity index (χ3v) is 4.67. The number of anilines is 1. The molecule has 19 heavy (non-hydrogen) atoms. The van der Waals surface area contributed by atoms with Gasteiger partial charge < -0.3 is 14.8 Å². The first-order valence-corrected chi connectivity index (χ1v) is 7.61. The number of nitrogens with zero attached hydrogens (tertiary/aromatic N) is 1. The first-order chi connectivity index (χ1) is 9.40. The number of benzene rings is 1. The molecule has 1 N–H and O–H groups in total. The molecule has 2 aliphatic heterocycles. The van der Waals surface area contributed by atoms with E-state index >= 15 is 0 Å². The molecule has 1 atom stereocenters. The number of rotatable bonds is 2. The summed E-state index contributed by atoms with van der Waals surface area (Å²) in [7, 11) is 0. The molecule has 0 radical (unpaired) electrons. The van der Waals surface area contributed by atoms with E-state index in [-0.39, 0.29) is 0 Å². The van der Waals surface area contributed by atoms with Crippen LogP contribution in [0.2, 0.25) is 0 Å². The minimum atomic E-state index is 0.401. The fourth-order valence-corrected chi connectivity index (χ4v) is 3.73. The summed E-state index contributed by atoms with van der Waals surface area (Å²) in [6, 6.07) is 4.58. The average molecular weight is 276 g/mol. The van der Waals surface area contributed by atoms with Gasteiger partial charge in [0.25, 0.3) is 0 Å². The number of aromatic nitrogens is 1. The van der Waals surface area contributed by atoms with Crippen LogP contribution < -0.4 is 10.1 Å². The van der Waals surface area contributed by atoms with Gasteiger partial charge in [0.1, 0.15) is 5.75 Å². The van der Waals surface area contributed by atoms with Crippen molar-refractivity contribution in [1.82, 2.24) is 4.98 Å². The van der Waals surface area contributed by atoms with Gasteiger partial charge >= 0.3 is 0 Å². The Morgan fingerprint density at radius 1 is 1.32 bits per heavy atom. The molecule has 0 spiro atoms. The first-order valence-electron chi connectivity index (χ1n) is 6.80. The van der Waals surface area contributed by atoms with Gasteiger partial charge in [-0.05, 0) is 25.0 Å². The molecule has 1 aromatic heterocycles. The maximum absolute atomic E-state index is 5.59. The zero-order valence-corrected chi connectivity index (χ0v) is 11.5. The summed E-state index contributed by atoms with van der Waals surface area (Å²) in [4.78, 5) is 4.75. The minimum absolute atomic E-state index is 0.401. The Labute approximate surface area is 115 Å². The summed E-state index contributed by atoms with van der Waals surface area (Å²) < 4.78 is 12.3. The molecule has 5 heteroatoms. The van der Waals surface area contributed by atoms with E-state index in [9.17, 15) is 0 Å². The lowest BCUT2D eigenvalue weighted by Crippen LogP contribution is -2.29. The lowest BCUT2D eigenvalue weighted by Gasteiger charge is -2.22. The standard InChI is InChI=1S/C14H16N2O2S/c1-2-9(8-17-6-1)15-14-16-13-10-5-7-18-11(10)3-4-12(13)19-14/h3-4,9H,1-2,5-8H2,(H,15,16). The van der Waals surface area contributed by atoms with Gasteiger partial charge in [-0.3, -0.25) is 0 Å². The van der Waals surface area contributed by atoms with Gasteiger partial charge in [0, 0.05) is 18.6 Å². The van der Waals surface area contributed by atoms with Crippen LogP contribution in [0.5, 0.6) is 5.75 Å². The van der Waals surface area contributed by atoms with Crippen LogP contribution in [0.15, 0.2) is 12.1 Å². The third kappa shape index (κ3) is 2.07. The number of hydrogen-bond donors (Lipinski definition) is 1. The molecule has 0 bridgehead atoms. The molecule has 4 rings (SSSR count). The van der Waals surface area contributed by atoms with Crippen molar-refractivity contribution in [3.63, 3.8) is 0 Å². The van der Waals surface area contributed by atoms with Gasteiger partial charge in [-0.2, -0.15) is 0 Å². The number of nitrogens with one attached hydrogen (secondary N) is 1. The van der Waals surface area contributed by atoms with Crippen LogP contribution in [-0.2, 0) is 11.2 Å². The minimum Gasteiger partial charge on any atom is -0.493 e. The number of ether oxygens (including phenoxy) is 2. The molecular weight excluding hydrogens is 260 g/mol. The highest BCUT2D eigenvalue weighted by molar-refractivity contribution is 7.22. The van der Waals surface area contributed by atoms with Gasteiger partial charge in [-0.25, -0.2) is 4.98 Å². The van der Waals surface area contributed by atoms with Crippen molar-refractivity contribution in [2.45, 2.75) is 25.3 Å². The molecule has 100 valence electrons. The fraction of sp³-hybridized carbons (Fsp3) is 0.500. The van der Waals surface area contributed by atoms with Gasteiger partial charge in [0.15, 0.2) is 5.13 Å². The van der Waals surface area contributed by atoms with E-state index in [4.69, 9.17) is 14.5 Å². The first kappa shape index (κ1) is 11.5. The van der Waals surface area contributed by atoms with Crippen molar-refractivity contribution in [2.24, 2.45) is 0 Å². The highest BCUT2D eigenvalue weighted by atomic mass is 32.1. The summed E-state index contributed by atoms with van der Waals surface area (Å²) in [5.74, 6) is 1.00. The molecule has 1 unspecified atom stereocenters. The molecule has 0 aliphatic carbocycles. The van der Waals surface area contributed by atoms with Crippen LogP contribution in [0.3, 0.4) is 0 Å². The van der Waals surface area contributed by atoms with E-state index in [0.717, 1.165) is 55.5 Å². The monoisotopic (exact) mass is 276 g/mol. The quantitative estimate of drug-likeness (QED) is 0.916. The highest BCUT2D eigenvalue weighted by Crippen LogP contribution is 2.36. The Balaban J connectivity index is 1.64. The van der Waals surface area contributed by atoms with Crippen LogP contribution in [0.1, 0.15) is 18.4 Å². The topological polar surface area (TPSA) is 43.4 Å². The zero-order valence-electron chi connectivity index (χ0n) is 10.6. The molecule has 3 heterocycles. The molecule has 1 saturated heterocycles. The zero-order chi connectivity index (χ0) is 12.7. The molecule has 1 aromatic carbocycles. The summed E-state index contributed by atoms with van der Waals surface area (Å²) >= 11 is 1.72. The Morgan fingerprint density at radius 3 is 3.21 bits per heavy atom. The summed E-state index contributed by atoms with van der Waals surface area (Å²) in [5, 5.41) is 4.51. The van der Waals surface area contributed by atoms with Crippen molar-refractivity contribution < 1.29 is 9.47 Å². The van der Waals surface area contributed by atoms with Crippen molar-refractivity contribution in [1.29, 1.82) is 0 Å². The summed E-state index contributed by atoms with van der Waals surface area (Å²) in [5.41, 5.74) is 2.38. The predicted molar refractivity (Wildman–Crippen MR) is 76.3 cm³/mol. The van der Waals surface area contributed by atoms with Gasteiger partial charge in [0.05, 0.1) is 29.5 Å². The summed E-state index contributed by atoms with van der Waals surface area (Å²) in [6.45, 7) is 2.46. The van der Waals surface area contributed by atoms with E-state index in [1.54, 1.807) is 11.3 Å². The van der Waals surface area contributed by atoms with Crippen LogP contribution >= 0.6 is 11.3 Å². The maximum Gasteiger partial charge on any atom is 0.184 e. The Morgan fingerprint density at radius 2 is 2.32 bits per heavy atom.